The summed E-state index contributed by atoms with van der Waals surface area (Å²) in [6.45, 7) is 0.509. The zero-order chi connectivity index (χ0) is 19.8. The molecule has 1 aromatic carbocycles. The molecule has 1 amide bonds. The van der Waals surface area contributed by atoms with Crippen LogP contribution in [0, 0.1) is 0 Å². The molecule has 0 aliphatic rings. The van der Waals surface area contributed by atoms with Crippen LogP contribution in [0.15, 0.2) is 46.3 Å². The summed E-state index contributed by atoms with van der Waals surface area (Å²) in [7, 11) is 3.43. The van der Waals surface area contributed by atoms with Crippen molar-refractivity contribution in [2.24, 2.45) is 7.05 Å². The molecule has 0 radical (unpaired) electrons. The van der Waals surface area contributed by atoms with Gasteiger partial charge in [0.05, 0.1) is 27.5 Å². The minimum Gasteiger partial charge on any atom is -0.340 e. The predicted octanol–water partition coefficient (Wildman–Crippen LogP) is 3.05. The fourth-order valence-corrected chi connectivity index (χ4v) is 4.92. The number of halogens is 1. The molecular formula is C18H16ClN5O2S2. The fourth-order valence-electron chi connectivity index (χ4n) is 2.90. The van der Waals surface area contributed by atoms with E-state index in [-0.39, 0.29) is 17.2 Å². The van der Waals surface area contributed by atoms with Crippen LogP contribution in [0.5, 0.6) is 0 Å². The van der Waals surface area contributed by atoms with Gasteiger partial charge in [-0.1, -0.05) is 35.5 Å². The van der Waals surface area contributed by atoms with E-state index in [4.69, 9.17) is 11.6 Å². The van der Waals surface area contributed by atoms with Crippen molar-refractivity contribution in [1.82, 2.24) is 24.1 Å². The number of thiophene rings is 1. The van der Waals surface area contributed by atoms with E-state index in [1.165, 1.54) is 27.7 Å². The minimum atomic E-state index is -0.127. The lowest BCUT2D eigenvalue weighted by Crippen LogP contribution is -2.27. The van der Waals surface area contributed by atoms with E-state index in [9.17, 15) is 9.59 Å². The van der Waals surface area contributed by atoms with Crippen molar-refractivity contribution in [3.05, 3.63) is 56.0 Å². The monoisotopic (exact) mass is 433 g/mol. The Hall–Kier alpha value is -2.36. The second-order valence-electron chi connectivity index (χ2n) is 6.24. The molecule has 0 atom stereocenters. The van der Waals surface area contributed by atoms with Crippen LogP contribution in [0.2, 0.25) is 4.34 Å². The molecule has 0 unspecified atom stereocenters. The molecule has 3 heterocycles. The number of carbonyl (C=O) groups is 1. The summed E-state index contributed by atoms with van der Waals surface area (Å²) in [6.07, 6.45) is 0. The van der Waals surface area contributed by atoms with E-state index in [2.05, 4.69) is 10.2 Å². The molecule has 0 bridgehead atoms. The molecule has 10 heteroatoms. The Kier molecular flexibility index (Phi) is 5.13. The van der Waals surface area contributed by atoms with Gasteiger partial charge in [-0.05, 0) is 24.3 Å². The zero-order valence-corrected chi connectivity index (χ0v) is 17.5. The van der Waals surface area contributed by atoms with Gasteiger partial charge in [-0.15, -0.1) is 21.5 Å². The van der Waals surface area contributed by atoms with Gasteiger partial charge >= 0.3 is 0 Å². The third kappa shape index (κ3) is 3.41. The Labute approximate surface area is 173 Å². The van der Waals surface area contributed by atoms with Gasteiger partial charge in [0.15, 0.2) is 5.16 Å². The number of aromatic nitrogens is 4. The highest BCUT2D eigenvalue weighted by Gasteiger charge is 2.17. The first-order valence-corrected chi connectivity index (χ1v) is 10.6. The van der Waals surface area contributed by atoms with Crippen molar-refractivity contribution in [2.45, 2.75) is 11.7 Å². The molecule has 4 aromatic rings. The summed E-state index contributed by atoms with van der Waals surface area (Å²) in [4.78, 5) is 27.7. The summed E-state index contributed by atoms with van der Waals surface area (Å²) in [5.41, 5.74) is 0.597. The highest BCUT2D eigenvalue weighted by atomic mass is 35.5. The maximum absolute atomic E-state index is 12.5. The molecule has 144 valence electrons. The lowest BCUT2D eigenvalue weighted by Gasteiger charge is -2.15. The Balaban J connectivity index is 1.58. The number of amides is 1. The summed E-state index contributed by atoms with van der Waals surface area (Å²) >= 11 is 8.71. The van der Waals surface area contributed by atoms with Gasteiger partial charge in [-0.2, -0.15) is 0 Å². The van der Waals surface area contributed by atoms with Gasteiger partial charge < -0.3 is 4.90 Å². The smallest absolute Gasteiger partial charge is 0.262 e. The number of carbonyl (C=O) groups excluding carboxylic acids is 1. The fraction of sp³-hybridized carbons (Fsp3) is 0.222. The largest absolute Gasteiger partial charge is 0.340 e. The van der Waals surface area contributed by atoms with Crippen molar-refractivity contribution in [1.29, 1.82) is 0 Å². The Morgan fingerprint density at radius 2 is 2.04 bits per heavy atom. The Morgan fingerprint density at radius 1 is 1.25 bits per heavy atom. The van der Waals surface area contributed by atoms with Crippen LogP contribution >= 0.6 is 34.7 Å². The molecule has 4 rings (SSSR count). The van der Waals surface area contributed by atoms with Gasteiger partial charge in [0.25, 0.3) is 5.56 Å². The number of thioether (sulfide) groups is 1. The predicted molar refractivity (Wildman–Crippen MR) is 112 cm³/mol. The summed E-state index contributed by atoms with van der Waals surface area (Å²) in [5, 5.41) is 9.49. The number of hydrogen-bond donors (Lipinski definition) is 0. The summed E-state index contributed by atoms with van der Waals surface area (Å²) in [5.74, 6) is 0.633. The molecule has 28 heavy (non-hydrogen) atoms. The minimum absolute atomic E-state index is 0.0274. The first kappa shape index (κ1) is 19.0. The van der Waals surface area contributed by atoms with Crippen molar-refractivity contribution in [3.63, 3.8) is 0 Å². The van der Waals surface area contributed by atoms with Crippen LogP contribution < -0.4 is 5.56 Å². The maximum Gasteiger partial charge on any atom is 0.262 e. The number of para-hydroxylation sites is 1. The first-order valence-electron chi connectivity index (χ1n) is 8.39. The third-order valence-corrected chi connectivity index (χ3v) is 6.50. The SMILES string of the molecule is CN(Cc1ccc(Cl)s1)C(=O)CSc1nnc2n(C)c(=O)c3ccccc3n12. The third-order valence-electron chi connectivity index (χ3n) is 4.37. The topological polar surface area (TPSA) is 72.5 Å². The highest BCUT2D eigenvalue weighted by Crippen LogP contribution is 2.24. The van der Waals surface area contributed by atoms with Crippen LogP contribution in [0.4, 0.5) is 0 Å². The van der Waals surface area contributed by atoms with Gasteiger partial charge in [0.1, 0.15) is 0 Å². The normalized spacial score (nSPS) is 11.4. The number of rotatable bonds is 5. The molecule has 7 nitrogen and oxygen atoms in total. The Morgan fingerprint density at radius 3 is 2.79 bits per heavy atom. The van der Waals surface area contributed by atoms with E-state index in [1.807, 2.05) is 34.7 Å². The van der Waals surface area contributed by atoms with Gasteiger partial charge in [0, 0.05) is 19.0 Å². The van der Waals surface area contributed by atoms with Crippen molar-refractivity contribution < 1.29 is 4.79 Å². The standard InChI is InChI=1S/C18H16ClN5O2S2/c1-22(9-11-7-8-14(19)28-11)15(25)10-27-18-21-20-17-23(2)16(26)12-5-3-4-6-13(12)24(17)18/h3-8H,9-10H2,1-2H3. The lowest BCUT2D eigenvalue weighted by molar-refractivity contribution is -0.127. The molecule has 0 aliphatic carbocycles. The average Bonchev–Trinajstić information content (AvgIpc) is 3.30. The number of nitrogens with zero attached hydrogens (tertiary/aromatic N) is 5. The van der Waals surface area contributed by atoms with Gasteiger partial charge in [-0.3, -0.25) is 18.6 Å². The van der Waals surface area contributed by atoms with Gasteiger partial charge in [-0.25, -0.2) is 0 Å². The molecular weight excluding hydrogens is 418 g/mol. The van der Waals surface area contributed by atoms with Crippen molar-refractivity contribution in [2.75, 3.05) is 12.8 Å². The number of fused-ring (bicyclic) bond motifs is 3. The van der Waals surface area contributed by atoms with E-state index < -0.39 is 0 Å². The Bertz CT molecular complexity index is 1250. The second-order valence-corrected chi connectivity index (χ2v) is 8.99. The van der Waals surface area contributed by atoms with E-state index >= 15 is 0 Å². The van der Waals surface area contributed by atoms with E-state index in [0.717, 1.165) is 10.4 Å². The van der Waals surface area contributed by atoms with Crippen LogP contribution in [0.25, 0.3) is 16.7 Å². The molecule has 0 N–H and O–H groups in total. The van der Waals surface area contributed by atoms with Crippen LogP contribution in [0.3, 0.4) is 0 Å². The quantitative estimate of drug-likeness (QED) is 0.452. The maximum atomic E-state index is 12.5. The summed E-state index contributed by atoms with van der Waals surface area (Å²) in [6, 6.07) is 11.1. The number of aryl methyl sites for hydroxylation is 1. The highest BCUT2D eigenvalue weighted by molar-refractivity contribution is 7.99. The zero-order valence-electron chi connectivity index (χ0n) is 15.1. The molecule has 0 aliphatic heterocycles. The van der Waals surface area contributed by atoms with Crippen LogP contribution in [-0.2, 0) is 18.4 Å². The average molecular weight is 434 g/mol. The molecule has 0 saturated carbocycles. The molecule has 0 fully saturated rings. The lowest BCUT2D eigenvalue weighted by atomic mass is 10.2. The number of benzene rings is 1. The molecule has 0 spiro atoms. The van der Waals surface area contributed by atoms with E-state index in [1.54, 1.807) is 25.1 Å². The van der Waals surface area contributed by atoms with Crippen molar-refractivity contribution in [3.8, 4) is 0 Å². The van der Waals surface area contributed by atoms with Crippen LogP contribution in [0.1, 0.15) is 4.88 Å². The summed E-state index contributed by atoms with van der Waals surface area (Å²) < 4.78 is 3.99. The first-order chi connectivity index (χ1) is 13.5. The van der Waals surface area contributed by atoms with Crippen LogP contribution in [-0.4, -0.2) is 42.8 Å². The van der Waals surface area contributed by atoms with Crippen molar-refractivity contribution >= 4 is 57.3 Å². The molecule has 3 aromatic heterocycles. The van der Waals surface area contributed by atoms with E-state index in [0.29, 0.717) is 27.2 Å². The number of hydrogen-bond acceptors (Lipinski definition) is 6. The second kappa shape index (κ2) is 7.57. The van der Waals surface area contributed by atoms with Gasteiger partial charge in [0.2, 0.25) is 11.7 Å². The molecule has 0 saturated heterocycles.